The standard InChI is InChI=1S/C15H15BrN2O/c16-12-2-1-3-14(9-12)19-15-8-11(6-7-17-15)10-18-13-4-5-13/h1-3,6-9,13,18H,4-5,10H2. The Kier molecular flexibility index (Phi) is 3.80. The third-order valence-corrected chi connectivity index (χ3v) is 3.48. The molecule has 1 aromatic heterocycles. The molecule has 1 fully saturated rings. The number of hydrogen-bond donors (Lipinski definition) is 1. The summed E-state index contributed by atoms with van der Waals surface area (Å²) in [6.07, 6.45) is 4.39. The first-order valence-corrected chi connectivity index (χ1v) is 7.21. The van der Waals surface area contributed by atoms with Crippen molar-refractivity contribution in [2.45, 2.75) is 25.4 Å². The van der Waals surface area contributed by atoms with Crippen molar-refractivity contribution in [1.82, 2.24) is 10.3 Å². The second-order valence-electron chi connectivity index (χ2n) is 4.72. The molecule has 0 bridgehead atoms. The Morgan fingerprint density at radius 3 is 2.95 bits per heavy atom. The number of halogens is 1. The molecule has 1 saturated carbocycles. The van der Waals surface area contributed by atoms with E-state index in [4.69, 9.17) is 4.74 Å². The van der Waals surface area contributed by atoms with Gasteiger partial charge in [0.2, 0.25) is 5.88 Å². The molecule has 0 amide bonds. The van der Waals surface area contributed by atoms with Crippen LogP contribution in [0.25, 0.3) is 0 Å². The lowest BCUT2D eigenvalue weighted by molar-refractivity contribution is 0.461. The Bertz CT molecular complexity index is 570. The summed E-state index contributed by atoms with van der Waals surface area (Å²) in [5.41, 5.74) is 1.20. The van der Waals surface area contributed by atoms with Crippen LogP contribution in [0.2, 0.25) is 0 Å². The van der Waals surface area contributed by atoms with Crippen molar-refractivity contribution in [2.75, 3.05) is 0 Å². The minimum Gasteiger partial charge on any atom is -0.439 e. The van der Waals surface area contributed by atoms with Crippen LogP contribution < -0.4 is 10.1 Å². The monoisotopic (exact) mass is 318 g/mol. The van der Waals surface area contributed by atoms with Crippen LogP contribution in [0.4, 0.5) is 0 Å². The van der Waals surface area contributed by atoms with Gasteiger partial charge in [0.05, 0.1) is 0 Å². The molecule has 1 heterocycles. The molecule has 0 spiro atoms. The Morgan fingerprint density at radius 2 is 2.16 bits per heavy atom. The molecule has 19 heavy (non-hydrogen) atoms. The summed E-state index contributed by atoms with van der Waals surface area (Å²) in [5, 5.41) is 3.48. The summed E-state index contributed by atoms with van der Waals surface area (Å²) in [4.78, 5) is 4.24. The molecule has 0 saturated heterocycles. The highest BCUT2D eigenvalue weighted by molar-refractivity contribution is 9.10. The lowest BCUT2D eigenvalue weighted by Crippen LogP contribution is -2.15. The van der Waals surface area contributed by atoms with Crippen molar-refractivity contribution in [2.24, 2.45) is 0 Å². The molecule has 3 rings (SSSR count). The maximum absolute atomic E-state index is 5.75. The average molecular weight is 319 g/mol. The second kappa shape index (κ2) is 5.72. The summed E-state index contributed by atoms with van der Waals surface area (Å²) in [7, 11) is 0. The van der Waals surface area contributed by atoms with E-state index in [2.05, 4.69) is 26.2 Å². The first-order valence-electron chi connectivity index (χ1n) is 6.41. The molecule has 98 valence electrons. The van der Waals surface area contributed by atoms with Gasteiger partial charge in [-0.2, -0.15) is 0 Å². The summed E-state index contributed by atoms with van der Waals surface area (Å²) >= 11 is 3.43. The average Bonchev–Trinajstić information content (AvgIpc) is 3.21. The van der Waals surface area contributed by atoms with E-state index in [-0.39, 0.29) is 0 Å². The van der Waals surface area contributed by atoms with Gasteiger partial charge in [-0.05, 0) is 42.7 Å². The Hall–Kier alpha value is -1.39. The number of rotatable bonds is 5. The molecule has 4 heteroatoms. The van der Waals surface area contributed by atoms with Gasteiger partial charge in [-0.15, -0.1) is 0 Å². The fraction of sp³-hybridized carbons (Fsp3) is 0.267. The van der Waals surface area contributed by atoms with Crippen LogP contribution in [0.1, 0.15) is 18.4 Å². The topological polar surface area (TPSA) is 34.1 Å². The van der Waals surface area contributed by atoms with E-state index >= 15 is 0 Å². The van der Waals surface area contributed by atoms with Crippen LogP contribution in [0.15, 0.2) is 47.1 Å². The fourth-order valence-electron chi connectivity index (χ4n) is 1.82. The summed E-state index contributed by atoms with van der Waals surface area (Å²) in [6, 6.07) is 12.5. The quantitative estimate of drug-likeness (QED) is 0.908. The van der Waals surface area contributed by atoms with Crippen molar-refractivity contribution in [3.8, 4) is 11.6 Å². The maximum Gasteiger partial charge on any atom is 0.219 e. The van der Waals surface area contributed by atoms with Crippen LogP contribution in [0.5, 0.6) is 11.6 Å². The van der Waals surface area contributed by atoms with E-state index in [1.165, 1.54) is 18.4 Å². The highest BCUT2D eigenvalue weighted by Gasteiger charge is 2.19. The van der Waals surface area contributed by atoms with Crippen LogP contribution in [-0.4, -0.2) is 11.0 Å². The minimum atomic E-state index is 0.633. The third-order valence-electron chi connectivity index (χ3n) is 2.99. The minimum absolute atomic E-state index is 0.633. The lowest BCUT2D eigenvalue weighted by Gasteiger charge is -2.07. The molecule has 1 aromatic carbocycles. The number of hydrogen-bond acceptors (Lipinski definition) is 3. The zero-order valence-electron chi connectivity index (χ0n) is 10.5. The molecule has 1 aliphatic rings. The van der Waals surface area contributed by atoms with Gasteiger partial charge < -0.3 is 10.1 Å². The first kappa shape index (κ1) is 12.6. The van der Waals surface area contributed by atoms with E-state index < -0.39 is 0 Å². The third kappa shape index (κ3) is 3.78. The summed E-state index contributed by atoms with van der Waals surface area (Å²) < 4.78 is 6.75. The van der Waals surface area contributed by atoms with Gasteiger partial charge >= 0.3 is 0 Å². The lowest BCUT2D eigenvalue weighted by atomic mass is 10.2. The van der Waals surface area contributed by atoms with Gasteiger partial charge in [0.15, 0.2) is 0 Å². The van der Waals surface area contributed by atoms with Gasteiger partial charge in [-0.25, -0.2) is 4.98 Å². The fourth-order valence-corrected chi connectivity index (χ4v) is 2.20. The van der Waals surface area contributed by atoms with Crippen LogP contribution in [0.3, 0.4) is 0 Å². The number of aromatic nitrogens is 1. The maximum atomic E-state index is 5.75. The van der Waals surface area contributed by atoms with E-state index in [0.717, 1.165) is 16.8 Å². The highest BCUT2D eigenvalue weighted by atomic mass is 79.9. The molecule has 3 nitrogen and oxygen atoms in total. The Balaban J connectivity index is 1.67. The van der Waals surface area contributed by atoms with E-state index in [0.29, 0.717) is 11.9 Å². The summed E-state index contributed by atoms with van der Waals surface area (Å²) in [6.45, 7) is 0.877. The van der Waals surface area contributed by atoms with Crippen LogP contribution in [-0.2, 0) is 6.54 Å². The van der Waals surface area contributed by atoms with Crippen molar-refractivity contribution in [1.29, 1.82) is 0 Å². The van der Waals surface area contributed by atoms with Crippen molar-refractivity contribution in [3.05, 3.63) is 52.6 Å². The normalized spacial score (nSPS) is 14.4. The molecule has 1 aliphatic carbocycles. The van der Waals surface area contributed by atoms with Crippen LogP contribution in [0, 0.1) is 0 Å². The van der Waals surface area contributed by atoms with Crippen molar-refractivity contribution >= 4 is 15.9 Å². The molecule has 1 N–H and O–H groups in total. The van der Waals surface area contributed by atoms with Gasteiger partial charge in [0.1, 0.15) is 5.75 Å². The van der Waals surface area contributed by atoms with Crippen LogP contribution >= 0.6 is 15.9 Å². The van der Waals surface area contributed by atoms with Gasteiger partial charge in [0.25, 0.3) is 0 Å². The molecular formula is C15H15BrN2O. The highest BCUT2D eigenvalue weighted by Crippen LogP contribution is 2.24. The molecule has 0 radical (unpaired) electrons. The predicted octanol–water partition coefficient (Wildman–Crippen LogP) is 3.89. The molecule has 0 unspecified atom stereocenters. The number of nitrogens with zero attached hydrogens (tertiary/aromatic N) is 1. The smallest absolute Gasteiger partial charge is 0.219 e. The Labute approximate surface area is 121 Å². The van der Waals surface area contributed by atoms with Gasteiger partial charge in [0, 0.05) is 29.3 Å². The van der Waals surface area contributed by atoms with E-state index in [1.807, 2.05) is 36.4 Å². The zero-order valence-corrected chi connectivity index (χ0v) is 12.1. The number of pyridine rings is 1. The molecule has 0 aliphatic heterocycles. The number of nitrogens with one attached hydrogen (secondary N) is 1. The summed E-state index contributed by atoms with van der Waals surface area (Å²) in [5.74, 6) is 1.42. The number of benzene rings is 1. The molecule has 0 atom stereocenters. The van der Waals surface area contributed by atoms with E-state index in [9.17, 15) is 0 Å². The SMILES string of the molecule is Brc1cccc(Oc2cc(CNC3CC3)ccn2)c1. The largest absolute Gasteiger partial charge is 0.439 e. The Morgan fingerprint density at radius 1 is 1.26 bits per heavy atom. The predicted molar refractivity (Wildman–Crippen MR) is 78.3 cm³/mol. The zero-order chi connectivity index (χ0) is 13.1. The van der Waals surface area contributed by atoms with E-state index in [1.54, 1.807) is 6.20 Å². The van der Waals surface area contributed by atoms with Crippen molar-refractivity contribution < 1.29 is 4.74 Å². The molecule has 2 aromatic rings. The van der Waals surface area contributed by atoms with Crippen molar-refractivity contribution in [3.63, 3.8) is 0 Å². The van der Waals surface area contributed by atoms with Gasteiger partial charge in [-0.1, -0.05) is 22.0 Å². The molecular weight excluding hydrogens is 304 g/mol. The number of ether oxygens (including phenoxy) is 1. The second-order valence-corrected chi connectivity index (χ2v) is 5.63. The van der Waals surface area contributed by atoms with Gasteiger partial charge in [-0.3, -0.25) is 0 Å². The first-order chi connectivity index (χ1) is 9.29.